The van der Waals surface area contributed by atoms with E-state index in [-0.39, 0.29) is 18.4 Å². The normalized spacial score (nSPS) is 21.8. The van der Waals surface area contributed by atoms with Gasteiger partial charge in [0.2, 0.25) is 5.91 Å². The van der Waals surface area contributed by atoms with E-state index in [1.807, 2.05) is 0 Å². The van der Waals surface area contributed by atoms with Crippen LogP contribution in [0.4, 0.5) is 0 Å². The van der Waals surface area contributed by atoms with Gasteiger partial charge in [-0.15, -0.1) is 0 Å². The molecule has 0 aliphatic carbocycles. The molecule has 2 amide bonds. The predicted molar refractivity (Wildman–Crippen MR) is 42.6 cm³/mol. The molecule has 1 aliphatic rings. The van der Waals surface area contributed by atoms with Crippen LogP contribution in [0.2, 0.25) is 0 Å². The van der Waals surface area contributed by atoms with E-state index >= 15 is 0 Å². The van der Waals surface area contributed by atoms with Crippen molar-refractivity contribution in [1.82, 2.24) is 5.32 Å². The summed E-state index contributed by atoms with van der Waals surface area (Å²) < 4.78 is 0. The molecule has 0 spiro atoms. The molecule has 70 valence electrons. The predicted octanol–water partition coefficient (Wildman–Crippen LogP) is -0.320. The van der Waals surface area contributed by atoms with Gasteiger partial charge in [-0.2, -0.15) is 0 Å². The lowest BCUT2D eigenvalue weighted by molar-refractivity contribution is -0.137. The van der Waals surface area contributed by atoms with E-state index in [4.69, 9.17) is 5.11 Å². The largest absolute Gasteiger partial charge is 0.481 e. The number of aliphatic carboxylic acids is 1. The lowest BCUT2D eigenvalue weighted by Gasteiger charge is -2.03. The Morgan fingerprint density at radius 1 is 1.54 bits per heavy atom. The summed E-state index contributed by atoms with van der Waals surface area (Å²) in [5.74, 6) is -2.60. The Labute approximate surface area is 74.4 Å². The second-order valence-corrected chi connectivity index (χ2v) is 2.83. The number of carbonyl (C=O) groups is 3. The van der Waals surface area contributed by atoms with Gasteiger partial charge in [-0.25, -0.2) is 0 Å². The van der Waals surface area contributed by atoms with Gasteiger partial charge in [-0.3, -0.25) is 19.7 Å². The second-order valence-electron chi connectivity index (χ2n) is 2.83. The molecule has 1 unspecified atom stereocenters. The molecule has 0 aromatic heterocycles. The summed E-state index contributed by atoms with van der Waals surface area (Å²) in [6.45, 7) is 3.42. The first-order chi connectivity index (χ1) is 6.02. The molecule has 5 heteroatoms. The summed E-state index contributed by atoms with van der Waals surface area (Å²) in [4.78, 5) is 32.1. The molecule has 1 saturated heterocycles. The quantitative estimate of drug-likeness (QED) is 0.464. The van der Waals surface area contributed by atoms with Crippen LogP contribution in [-0.4, -0.2) is 22.9 Å². The van der Waals surface area contributed by atoms with E-state index < -0.39 is 23.7 Å². The zero-order chi connectivity index (χ0) is 10.0. The van der Waals surface area contributed by atoms with Crippen LogP contribution in [0.5, 0.6) is 0 Å². The van der Waals surface area contributed by atoms with E-state index in [1.165, 1.54) is 0 Å². The highest BCUT2D eigenvalue weighted by molar-refractivity contribution is 6.14. The molecule has 0 saturated carbocycles. The number of rotatable bonds is 3. The van der Waals surface area contributed by atoms with Crippen molar-refractivity contribution in [2.24, 2.45) is 5.92 Å². The summed E-state index contributed by atoms with van der Waals surface area (Å²) in [5, 5.41) is 10.4. The molecule has 5 nitrogen and oxygen atoms in total. The average molecular weight is 183 g/mol. The fourth-order valence-corrected chi connectivity index (χ4v) is 1.17. The van der Waals surface area contributed by atoms with E-state index in [9.17, 15) is 14.4 Å². The van der Waals surface area contributed by atoms with Gasteiger partial charge in [-0.05, 0) is 6.42 Å². The standard InChI is InChI=1S/C8H9NO4/c1-4-5(2-3-6(10)11)8(13)9-7(4)12/h5H,1-3H2,(H,10,11)(H,9,12,13). The molecule has 0 bridgehead atoms. The molecule has 0 aromatic carbocycles. The fraction of sp³-hybridized carbons (Fsp3) is 0.375. The van der Waals surface area contributed by atoms with Gasteiger partial charge in [0, 0.05) is 12.0 Å². The number of nitrogens with one attached hydrogen (secondary N) is 1. The Bertz CT molecular complexity index is 295. The van der Waals surface area contributed by atoms with Gasteiger partial charge >= 0.3 is 5.97 Å². The van der Waals surface area contributed by atoms with Crippen molar-refractivity contribution < 1.29 is 19.5 Å². The van der Waals surface area contributed by atoms with Crippen LogP contribution in [0.15, 0.2) is 12.2 Å². The Hall–Kier alpha value is -1.65. The van der Waals surface area contributed by atoms with Gasteiger partial charge in [0.05, 0.1) is 5.92 Å². The number of amides is 2. The summed E-state index contributed by atoms with van der Waals surface area (Å²) >= 11 is 0. The van der Waals surface area contributed by atoms with Crippen LogP contribution < -0.4 is 5.32 Å². The van der Waals surface area contributed by atoms with E-state index in [1.54, 1.807) is 0 Å². The number of carboxylic acid groups (broad SMARTS) is 1. The molecule has 0 aromatic rings. The maximum Gasteiger partial charge on any atom is 0.303 e. The molecule has 1 rings (SSSR count). The summed E-state index contributed by atoms with van der Waals surface area (Å²) in [7, 11) is 0. The molecule has 1 atom stereocenters. The van der Waals surface area contributed by atoms with Crippen molar-refractivity contribution >= 4 is 17.8 Å². The number of hydrogen-bond donors (Lipinski definition) is 2. The van der Waals surface area contributed by atoms with Gasteiger partial charge in [-0.1, -0.05) is 6.58 Å². The molecule has 0 radical (unpaired) electrons. The highest BCUT2D eigenvalue weighted by Gasteiger charge is 2.34. The van der Waals surface area contributed by atoms with E-state index in [0.717, 1.165) is 0 Å². The van der Waals surface area contributed by atoms with Gasteiger partial charge < -0.3 is 5.11 Å². The first-order valence-corrected chi connectivity index (χ1v) is 3.78. The minimum atomic E-state index is -0.986. The highest BCUT2D eigenvalue weighted by atomic mass is 16.4. The zero-order valence-electron chi connectivity index (χ0n) is 6.87. The van der Waals surface area contributed by atoms with Crippen molar-refractivity contribution in [1.29, 1.82) is 0 Å². The van der Waals surface area contributed by atoms with Crippen LogP contribution in [0.1, 0.15) is 12.8 Å². The van der Waals surface area contributed by atoms with Crippen molar-refractivity contribution in [2.75, 3.05) is 0 Å². The van der Waals surface area contributed by atoms with Crippen LogP contribution in [-0.2, 0) is 14.4 Å². The third-order valence-electron chi connectivity index (χ3n) is 1.91. The monoisotopic (exact) mass is 183 g/mol. The lowest BCUT2D eigenvalue weighted by atomic mass is 9.98. The third kappa shape index (κ3) is 1.93. The third-order valence-corrected chi connectivity index (χ3v) is 1.91. The second kappa shape index (κ2) is 3.38. The Balaban J connectivity index is 2.59. The van der Waals surface area contributed by atoms with Crippen LogP contribution in [0.25, 0.3) is 0 Å². The zero-order valence-corrected chi connectivity index (χ0v) is 6.87. The maximum absolute atomic E-state index is 11.0. The Morgan fingerprint density at radius 3 is 2.54 bits per heavy atom. The maximum atomic E-state index is 11.0. The van der Waals surface area contributed by atoms with E-state index in [0.29, 0.717) is 0 Å². The van der Waals surface area contributed by atoms with Crippen LogP contribution in [0.3, 0.4) is 0 Å². The lowest BCUT2D eigenvalue weighted by Crippen LogP contribution is -2.22. The van der Waals surface area contributed by atoms with Gasteiger partial charge in [0.15, 0.2) is 0 Å². The number of carboxylic acids is 1. The van der Waals surface area contributed by atoms with Gasteiger partial charge in [0.1, 0.15) is 0 Å². The molecular weight excluding hydrogens is 174 g/mol. The topological polar surface area (TPSA) is 83.5 Å². The van der Waals surface area contributed by atoms with Crippen LogP contribution >= 0.6 is 0 Å². The fourth-order valence-electron chi connectivity index (χ4n) is 1.17. The molecule has 2 N–H and O–H groups in total. The minimum absolute atomic E-state index is 0.131. The smallest absolute Gasteiger partial charge is 0.303 e. The van der Waals surface area contributed by atoms with Gasteiger partial charge in [0.25, 0.3) is 5.91 Å². The van der Waals surface area contributed by atoms with Crippen molar-refractivity contribution in [2.45, 2.75) is 12.8 Å². The molecule has 1 fully saturated rings. The van der Waals surface area contributed by atoms with Crippen molar-refractivity contribution in [3.8, 4) is 0 Å². The highest BCUT2D eigenvalue weighted by Crippen LogP contribution is 2.21. The van der Waals surface area contributed by atoms with E-state index in [2.05, 4.69) is 11.9 Å². The summed E-state index contributed by atoms with van der Waals surface area (Å²) in [5.41, 5.74) is 0.159. The van der Waals surface area contributed by atoms with Crippen molar-refractivity contribution in [3.63, 3.8) is 0 Å². The van der Waals surface area contributed by atoms with Crippen molar-refractivity contribution in [3.05, 3.63) is 12.2 Å². The molecule has 1 aliphatic heterocycles. The molecule has 13 heavy (non-hydrogen) atoms. The summed E-state index contributed by atoms with van der Waals surface area (Å²) in [6, 6.07) is 0. The number of hydrogen-bond acceptors (Lipinski definition) is 3. The first-order valence-electron chi connectivity index (χ1n) is 3.78. The Kier molecular flexibility index (Phi) is 2.46. The minimum Gasteiger partial charge on any atom is -0.481 e. The summed E-state index contributed by atoms with van der Waals surface area (Å²) in [6.07, 6.45) is -0.00384. The average Bonchev–Trinajstić information content (AvgIpc) is 2.24. The molecule has 1 heterocycles. The van der Waals surface area contributed by atoms with Crippen LogP contribution in [0, 0.1) is 5.92 Å². The number of imide groups is 1. The Morgan fingerprint density at radius 2 is 2.15 bits per heavy atom. The number of carbonyl (C=O) groups excluding carboxylic acids is 2. The SMILES string of the molecule is C=C1C(=O)NC(=O)C1CCC(=O)O. The molecular formula is C8H9NO4. The first kappa shape index (κ1) is 9.44.